The van der Waals surface area contributed by atoms with Gasteiger partial charge in [0, 0.05) is 0 Å². The van der Waals surface area contributed by atoms with Gasteiger partial charge in [-0.1, -0.05) is 0 Å². The van der Waals surface area contributed by atoms with Crippen LogP contribution < -0.4 is 0 Å². The van der Waals surface area contributed by atoms with E-state index in [1.165, 1.54) is 0 Å². The van der Waals surface area contributed by atoms with Gasteiger partial charge in [0.2, 0.25) is 7.98 Å². The van der Waals surface area contributed by atoms with Crippen molar-refractivity contribution < 1.29 is 0 Å². The largest absolute Gasteiger partial charge is 0.363 e. The minimum absolute atomic E-state index is 1.75. The van der Waals surface area contributed by atoms with Crippen LogP contribution in [0.1, 0.15) is 6.92 Å². The van der Waals surface area contributed by atoms with E-state index in [9.17, 15) is 0 Å². The number of rotatable bonds is 0. The van der Waals surface area contributed by atoms with E-state index in [1.807, 2.05) is 6.92 Å². The van der Waals surface area contributed by atoms with E-state index in [0.29, 0.717) is 0 Å². The lowest BCUT2D eigenvalue weighted by atomic mass is 10.5. The minimum Gasteiger partial charge on any atom is -0.363 e. The van der Waals surface area contributed by atoms with Crippen LogP contribution in [0.15, 0.2) is 4.90 Å². The Kier molecular flexibility index (Phi) is 2.55. The van der Waals surface area contributed by atoms with Crippen LogP contribution in [0.3, 0.4) is 0 Å². The molecule has 22 valence electrons. The fourth-order valence-electron chi connectivity index (χ4n) is 0. The summed E-state index contributed by atoms with van der Waals surface area (Å²) in [6, 6.07) is 0. The predicted molar refractivity (Wildman–Crippen MR) is 22.7 cm³/mol. The molecule has 0 aliphatic rings. The van der Waals surface area contributed by atoms with Crippen molar-refractivity contribution in [2.75, 3.05) is 0 Å². The van der Waals surface area contributed by atoms with Crippen molar-refractivity contribution in [3.8, 4) is 0 Å². The Bertz CT molecular complexity index is 21.2. The summed E-state index contributed by atoms with van der Waals surface area (Å²) >= 11 is 0. The highest BCUT2D eigenvalue weighted by atomic mass is 14.5. The molecule has 0 aromatic heterocycles. The summed E-state index contributed by atoms with van der Waals surface area (Å²) in [7, 11) is 1.75. The SMILES string of the molecule is BN=CC. The van der Waals surface area contributed by atoms with Gasteiger partial charge >= 0.3 is 0 Å². The molecule has 2 heteroatoms. The van der Waals surface area contributed by atoms with Gasteiger partial charge in [-0.15, -0.1) is 0 Å². The molecule has 0 aliphatic heterocycles. The van der Waals surface area contributed by atoms with Gasteiger partial charge in [-0.2, -0.15) is 0 Å². The molecule has 0 spiro atoms. The lowest BCUT2D eigenvalue weighted by Gasteiger charge is -1.53. The Morgan fingerprint density at radius 2 is 2.25 bits per heavy atom. The fraction of sp³-hybridized carbons (Fsp3) is 0.500. The summed E-state index contributed by atoms with van der Waals surface area (Å²) in [6.07, 6.45) is 1.75. The highest BCUT2D eigenvalue weighted by Gasteiger charge is 1.34. The molecule has 0 amide bonds. The van der Waals surface area contributed by atoms with E-state index in [2.05, 4.69) is 4.90 Å². The van der Waals surface area contributed by atoms with Crippen LogP contribution in [-0.4, -0.2) is 14.2 Å². The maximum atomic E-state index is 3.61. The second kappa shape index (κ2) is 2.73. The monoisotopic (exact) mass is 55.1 g/mol. The quantitative estimate of drug-likeness (QED) is 0.264. The van der Waals surface area contributed by atoms with Gasteiger partial charge in [-0.25, -0.2) is 0 Å². The van der Waals surface area contributed by atoms with Crippen molar-refractivity contribution >= 4 is 14.2 Å². The normalized spacial score (nSPS) is 9.25. The van der Waals surface area contributed by atoms with Gasteiger partial charge in [-0.05, 0) is 13.1 Å². The number of hydrogen-bond donors (Lipinski definition) is 0. The topological polar surface area (TPSA) is 12.4 Å². The highest BCUT2D eigenvalue weighted by molar-refractivity contribution is 6.08. The summed E-state index contributed by atoms with van der Waals surface area (Å²) < 4.78 is 0. The molecule has 0 saturated carbocycles. The van der Waals surface area contributed by atoms with Crippen LogP contribution in [-0.2, 0) is 0 Å². The van der Waals surface area contributed by atoms with Crippen molar-refractivity contribution in [1.29, 1.82) is 0 Å². The molecule has 0 heterocycles. The van der Waals surface area contributed by atoms with Crippen molar-refractivity contribution in [2.45, 2.75) is 6.92 Å². The number of nitrogens with zero attached hydrogens (tertiary/aromatic N) is 1. The average Bonchev–Trinajstić information content (AvgIpc) is 1.37. The van der Waals surface area contributed by atoms with E-state index >= 15 is 0 Å². The lowest BCUT2D eigenvalue weighted by Crippen LogP contribution is -1.51. The summed E-state index contributed by atoms with van der Waals surface area (Å²) in [5.74, 6) is 0. The van der Waals surface area contributed by atoms with Gasteiger partial charge in [0.25, 0.3) is 0 Å². The number of hydrogen-bond acceptors (Lipinski definition) is 1. The van der Waals surface area contributed by atoms with Gasteiger partial charge < -0.3 is 4.90 Å². The predicted octanol–water partition coefficient (Wildman–Crippen LogP) is -0.375. The molecule has 0 aliphatic carbocycles. The van der Waals surface area contributed by atoms with Crippen LogP contribution in [0, 0.1) is 0 Å². The van der Waals surface area contributed by atoms with Gasteiger partial charge in [0.1, 0.15) is 0 Å². The Labute approximate surface area is 27.2 Å². The molecule has 0 bridgehead atoms. The zero-order valence-corrected chi connectivity index (χ0v) is 3.02. The molecule has 0 aromatic carbocycles. The van der Waals surface area contributed by atoms with Crippen LogP contribution in [0.5, 0.6) is 0 Å². The molecular weight excluding hydrogens is 48.8 g/mol. The van der Waals surface area contributed by atoms with Gasteiger partial charge in [-0.3, -0.25) is 0 Å². The second-order valence-corrected chi connectivity index (χ2v) is 0.516. The first-order valence-electron chi connectivity index (χ1n) is 1.28. The third-order valence-electron chi connectivity index (χ3n) is 0.258. The molecule has 0 aromatic rings. The van der Waals surface area contributed by atoms with Crippen molar-refractivity contribution in [3.63, 3.8) is 0 Å². The third-order valence-corrected chi connectivity index (χ3v) is 0.258. The van der Waals surface area contributed by atoms with E-state index < -0.39 is 0 Å². The zero-order chi connectivity index (χ0) is 3.41. The Balaban J connectivity index is 2.55. The summed E-state index contributed by atoms with van der Waals surface area (Å²) in [5.41, 5.74) is 0. The molecule has 0 saturated heterocycles. The molecule has 0 N–H and O–H groups in total. The maximum absolute atomic E-state index is 3.61. The molecule has 1 nitrogen and oxygen atoms in total. The zero-order valence-electron chi connectivity index (χ0n) is 3.02. The van der Waals surface area contributed by atoms with Crippen LogP contribution in [0.2, 0.25) is 0 Å². The third kappa shape index (κ3) is 1.73. The summed E-state index contributed by atoms with van der Waals surface area (Å²) in [4.78, 5) is 3.61. The second-order valence-electron chi connectivity index (χ2n) is 0.516. The Hall–Kier alpha value is -0.265. The molecule has 0 rings (SSSR count). The average molecular weight is 54.9 g/mol. The van der Waals surface area contributed by atoms with Gasteiger partial charge in [0.05, 0.1) is 0 Å². The van der Waals surface area contributed by atoms with E-state index in [-0.39, 0.29) is 0 Å². The smallest absolute Gasteiger partial charge is 0.243 e. The first-order chi connectivity index (χ1) is 1.91. The highest BCUT2D eigenvalue weighted by Crippen LogP contribution is 1.37. The molecule has 0 atom stereocenters. The molecule has 0 fully saturated rings. The van der Waals surface area contributed by atoms with Crippen LogP contribution >= 0.6 is 0 Å². The van der Waals surface area contributed by atoms with Gasteiger partial charge in [0.15, 0.2) is 0 Å². The first kappa shape index (κ1) is 3.73. The Morgan fingerprint density at radius 1 is 2.00 bits per heavy atom. The Morgan fingerprint density at radius 3 is 2.25 bits per heavy atom. The van der Waals surface area contributed by atoms with Crippen LogP contribution in [0.25, 0.3) is 0 Å². The van der Waals surface area contributed by atoms with E-state index in [4.69, 9.17) is 0 Å². The fourth-order valence-corrected chi connectivity index (χ4v) is 0. The first-order valence-corrected chi connectivity index (χ1v) is 1.28. The van der Waals surface area contributed by atoms with E-state index in [0.717, 1.165) is 0 Å². The minimum atomic E-state index is 1.75. The summed E-state index contributed by atoms with van der Waals surface area (Å²) in [6.45, 7) is 1.89. The lowest BCUT2D eigenvalue weighted by molar-refractivity contribution is 1.86. The molecular formula is C2H6BN. The molecule has 0 unspecified atom stereocenters. The van der Waals surface area contributed by atoms with Crippen molar-refractivity contribution in [2.24, 2.45) is 4.90 Å². The standard InChI is InChI=1S/C2H6BN/c1-2-4-3/h2H,3H2,1H3. The molecule has 4 heavy (non-hydrogen) atoms. The van der Waals surface area contributed by atoms with Crippen molar-refractivity contribution in [1.82, 2.24) is 0 Å². The van der Waals surface area contributed by atoms with Crippen molar-refractivity contribution in [3.05, 3.63) is 0 Å². The summed E-state index contributed by atoms with van der Waals surface area (Å²) in [5, 5.41) is 0. The van der Waals surface area contributed by atoms with E-state index in [1.54, 1.807) is 14.2 Å². The van der Waals surface area contributed by atoms with Crippen LogP contribution in [0.4, 0.5) is 0 Å². The molecule has 0 radical (unpaired) electrons. The maximum Gasteiger partial charge on any atom is 0.243 e.